The standard InChI is InChI=1S/C32H33N3O2.C4H9.Li/c1-31(2,3)37-30(36)35-28(21-33)19-26-18-27(14-15-29(26)35)32(20-24-10-6-4-7-11-24)16-17-34(23-32)22-25-12-8-5-9-13-25;1-4(2)3;/h4-15,18-19H,16-17,20,22-23H2,1-3H3;1-3H3;/q;-1;+1. The van der Waals surface area contributed by atoms with Crippen LogP contribution in [-0.4, -0.2) is 34.3 Å². The van der Waals surface area contributed by atoms with Crippen LogP contribution in [0.1, 0.15) is 70.3 Å². The molecular weight excluding hydrogens is 513 g/mol. The van der Waals surface area contributed by atoms with Crippen LogP contribution in [-0.2, 0) is 23.1 Å². The quantitative estimate of drug-likeness (QED) is 0.248. The molecule has 5 nitrogen and oxygen atoms in total. The Balaban J connectivity index is 0.000000911. The Morgan fingerprint density at radius 2 is 1.55 bits per heavy atom. The number of rotatable bonds is 5. The third-order valence-corrected chi connectivity index (χ3v) is 7.17. The van der Waals surface area contributed by atoms with Crippen LogP contribution in [0, 0.1) is 17.2 Å². The van der Waals surface area contributed by atoms with Crippen molar-refractivity contribution in [2.75, 3.05) is 13.1 Å². The number of nitrogens with zero attached hydrogens (tertiary/aromatic N) is 3. The zero-order valence-electron chi connectivity index (χ0n) is 26.3. The van der Waals surface area contributed by atoms with Gasteiger partial charge in [-0.25, -0.2) is 9.36 Å². The van der Waals surface area contributed by atoms with Crippen molar-refractivity contribution in [2.45, 2.75) is 71.9 Å². The molecule has 1 fully saturated rings. The van der Waals surface area contributed by atoms with Gasteiger partial charge in [-0.15, -0.1) is 0 Å². The predicted molar refractivity (Wildman–Crippen MR) is 167 cm³/mol. The van der Waals surface area contributed by atoms with Crippen LogP contribution in [0.25, 0.3) is 10.9 Å². The van der Waals surface area contributed by atoms with E-state index in [9.17, 15) is 10.1 Å². The van der Waals surface area contributed by atoms with E-state index in [0.29, 0.717) is 5.52 Å². The third kappa shape index (κ3) is 8.39. The normalized spacial score (nSPS) is 16.8. The van der Waals surface area contributed by atoms with Crippen LogP contribution >= 0.6 is 0 Å². The molecule has 1 saturated heterocycles. The fraction of sp³-hybridized carbons (Fsp3) is 0.361. The van der Waals surface area contributed by atoms with Gasteiger partial charge in [0.05, 0.1) is 5.52 Å². The molecule has 0 amide bonds. The van der Waals surface area contributed by atoms with Gasteiger partial charge in [-0.05, 0) is 75.0 Å². The van der Waals surface area contributed by atoms with E-state index in [0.717, 1.165) is 37.9 Å². The van der Waals surface area contributed by atoms with Gasteiger partial charge in [0.1, 0.15) is 17.4 Å². The third-order valence-electron chi connectivity index (χ3n) is 7.17. The molecule has 1 aromatic heterocycles. The van der Waals surface area contributed by atoms with Crippen molar-refractivity contribution < 1.29 is 28.4 Å². The molecule has 4 aromatic rings. The number of fused-ring (bicyclic) bond motifs is 1. The van der Waals surface area contributed by atoms with Crippen LogP contribution in [0.5, 0.6) is 0 Å². The second kappa shape index (κ2) is 14.3. The minimum absolute atomic E-state index is 0. The smallest absolute Gasteiger partial charge is 0.443 e. The maximum absolute atomic E-state index is 13.0. The van der Waals surface area contributed by atoms with E-state index >= 15 is 0 Å². The average molecular weight is 556 g/mol. The summed E-state index contributed by atoms with van der Waals surface area (Å²) in [4.78, 5) is 15.5. The second-order valence-corrected chi connectivity index (χ2v) is 12.6. The SMILES string of the molecule is CC(C)(C)OC(=O)n1c(C#N)cc2cc(C3(Cc4ccccc4)CCN(Cc4ccccc4)C3)ccc21.C[C-](C)C.[Li+]. The van der Waals surface area contributed by atoms with Crippen LogP contribution in [0.4, 0.5) is 4.79 Å². The number of ether oxygens (including phenoxy) is 1. The maximum atomic E-state index is 13.0. The maximum Gasteiger partial charge on any atom is 1.00 e. The van der Waals surface area contributed by atoms with E-state index in [1.54, 1.807) is 6.07 Å². The molecule has 1 aliphatic heterocycles. The summed E-state index contributed by atoms with van der Waals surface area (Å²) < 4.78 is 6.99. The number of nitriles is 1. The Kier molecular flexibility index (Phi) is 11.3. The van der Waals surface area contributed by atoms with E-state index in [1.807, 2.05) is 26.8 Å². The molecule has 1 aliphatic rings. The summed E-state index contributed by atoms with van der Waals surface area (Å²) in [5.41, 5.74) is 4.15. The number of aromatic nitrogens is 1. The van der Waals surface area contributed by atoms with E-state index < -0.39 is 11.7 Å². The largest absolute Gasteiger partial charge is 1.00 e. The number of likely N-dealkylation sites (tertiary alicyclic amines) is 1. The molecule has 2 heterocycles. The van der Waals surface area contributed by atoms with Gasteiger partial charge in [0.2, 0.25) is 0 Å². The monoisotopic (exact) mass is 555 g/mol. The van der Waals surface area contributed by atoms with Crippen molar-refractivity contribution in [1.82, 2.24) is 9.47 Å². The van der Waals surface area contributed by atoms with Gasteiger partial charge in [-0.2, -0.15) is 26.0 Å². The first kappa shape index (κ1) is 33.2. The molecule has 0 N–H and O–H groups in total. The van der Waals surface area contributed by atoms with Gasteiger partial charge in [-0.3, -0.25) is 4.90 Å². The van der Waals surface area contributed by atoms with Crippen molar-refractivity contribution in [3.8, 4) is 6.07 Å². The summed E-state index contributed by atoms with van der Waals surface area (Å²) in [6.45, 7) is 14.6. The molecule has 0 spiro atoms. The Morgan fingerprint density at radius 3 is 2.12 bits per heavy atom. The molecule has 0 saturated carbocycles. The van der Waals surface area contributed by atoms with E-state index in [-0.39, 0.29) is 30.0 Å². The molecule has 6 heteroatoms. The molecular formula is C36H42LiN3O2. The fourth-order valence-electron chi connectivity index (χ4n) is 5.54. The topological polar surface area (TPSA) is 58.3 Å². The first-order valence-corrected chi connectivity index (χ1v) is 14.4. The first-order chi connectivity index (χ1) is 19.5. The first-order valence-electron chi connectivity index (χ1n) is 14.4. The molecule has 1 unspecified atom stereocenters. The Labute approximate surface area is 263 Å². The van der Waals surface area contributed by atoms with Gasteiger partial charge in [0.25, 0.3) is 0 Å². The number of hydrogen-bond acceptors (Lipinski definition) is 4. The summed E-state index contributed by atoms with van der Waals surface area (Å²) in [5, 5.41) is 10.7. The van der Waals surface area contributed by atoms with E-state index in [1.165, 1.54) is 27.2 Å². The van der Waals surface area contributed by atoms with Crippen molar-refractivity contribution in [3.05, 3.63) is 113 Å². The van der Waals surface area contributed by atoms with Crippen molar-refractivity contribution in [1.29, 1.82) is 5.26 Å². The molecule has 3 aromatic carbocycles. The molecule has 42 heavy (non-hydrogen) atoms. The number of carbonyl (C=O) groups excluding carboxylic acids is 1. The van der Waals surface area contributed by atoms with Gasteiger partial charge < -0.3 is 10.7 Å². The second-order valence-electron chi connectivity index (χ2n) is 12.6. The Bertz CT molecular complexity index is 1500. The van der Waals surface area contributed by atoms with Crippen LogP contribution < -0.4 is 18.9 Å². The van der Waals surface area contributed by atoms with Crippen LogP contribution in [0.15, 0.2) is 84.9 Å². The van der Waals surface area contributed by atoms with Crippen molar-refractivity contribution >= 4 is 17.0 Å². The van der Waals surface area contributed by atoms with Gasteiger partial charge in [-0.1, -0.05) is 66.7 Å². The molecule has 1 atom stereocenters. The van der Waals surface area contributed by atoms with Gasteiger partial charge in [0, 0.05) is 23.9 Å². The van der Waals surface area contributed by atoms with Crippen molar-refractivity contribution in [2.24, 2.45) is 0 Å². The number of benzene rings is 3. The summed E-state index contributed by atoms with van der Waals surface area (Å²) in [6.07, 6.45) is 1.45. The van der Waals surface area contributed by atoms with E-state index in [4.69, 9.17) is 4.74 Å². The Morgan fingerprint density at radius 1 is 0.952 bits per heavy atom. The molecule has 214 valence electrons. The summed E-state index contributed by atoms with van der Waals surface area (Å²) in [7, 11) is 0. The van der Waals surface area contributed by atoms with Gasteiger partial charge >= 0.3 is 25.0 Å². The summed E-state index contributed by atoms with van der Waals surface area (Å²) >= 11 is 0. The number of hydrogen-bond donors (Lipinski definition) is 0. The van der Waals surface area contributed by atoms with Gasteiger partial charge in [0.15, 0.2) is 0 Å². The molecule has 0 aliphatic carbocycles. The van der Waals surface area contributed by atoms with E-state index in [2.05, 4.69) is 105 Å². The van der Waals surface area contributed by atoms with Crippen LogP contribution in [0.2, 0.25) is 0 Å². The minimum Gasteiger partial charge on any atom is -0.443 e. The minimum atomic E-state index is -0.647. The zero-order valence-corrected chi connectivity index (χ0v) is 26.3. The summed E-state index contributed by atoms with van der Waals surface area (Å²) in [6, 6.07) is 31.5. The molecule has 5 rings (SSSR count). The molecule has 0 radical (unpaired) electrons. The predicted octanol–water partition coefficient (Wildman–Crippen LogP) is 5.31. The zero-order chi connectivity index (χ0) is 29.6. The molecule has 0 bridgehead atoms. The number of carbonyl (C=O) groups is 1. The van der Waals surface area contributed by atoms with Crippen LogP contribution in [0.3, 0.4) is 0 Å². The average Bonchev–Trinajstić information content (AvgIpc) is 3.50. The fourth-order valence-corrected chi connectivity index (χ4v) is 5.54. The van der Waals surface area contributed by atoms with Crippen molar-refractivity contribution in [3.63, 3.8) is 0 Å². The Hall–Kier alpha value is -3.28. The summed E-state index contributed by atoms with van der Waals surface area (Å²) in [5.74, 6) is 1.42.